The van der Waals surface area contributed by atoms with Gasteiger partial charge in [0, 0.05) is 18.2 Å². The Morgan fingerprint density at radius 2 is 1.68 bits per heavy atom. The van der Waals surface area contributed by atoms with Gasteiger partial charge in [0.25, 0.3) is 0 Å². The fraction of sp³-hybridized carbons (Fsp3) is 0.250. The highest BCUT2D eigenvalue weighted by Gasteiger charge is 2.16. The second kappa shape index (κ2) is 11.1. The molecule has 0 saturated heterocycles. The highest BCUT2D eigenvalue weighted by Crippen LogP contribution is 2.26. The van der Waals surface area contributed by atoms with Gasteiger partial charge in [-0.1, -0.05) is 42.5 Å². The minimum absolute atomic E-state index is 0.106. The number of hydrogen-bond donors (Lipinski definition) is 4. The van der Waals surface area contributed by atoms with Gasteiger partial charge in [0.2, 0.25) is 5.91 Å². The van der Waals surface area contributed by atoms with E-state index in [-0.39, 0.29) is 11.7 Å². The van der Waals surface area contributed by atoms with Gasteiger partial charge >= 0.3 is 11.9 Å². The summed E-state index contributed by atoms with van der Waals surface area (Å²) in [4.78, 5) is 31.4. The lowest BCUT2D eigenvalue weighted by Crippen LogP contribution is -2.40. The molecular weight excluding hydrogens is 385 g/mol. The van der Waals surface area contributed by atoms with Gasteiger partial charge in [-0.25, -0.2) is 9.18 Å². The molecule has 2 atom stereocenters. The van der Waals surface area contributed by atoms with Gasteiger partial charge in [-0.3, -0.25) is 9.59 Å². The first kappa shape index (κ1) is 23.2. The van der Waals surface area contributed by atoms with Gasteiger partial charge < -0.3 is 15.5 Å². The van der Waals surface area contributed by atoms with Crippen LogP contribution >= 0.6 is 12.6 Å². The predicted octanol–water partition coefficient (Wildman–Crippen LogP) is 3.19. The van der Waals surface area contributed by atoms with Gasteiger partial charge in [0.05, 0.1) is 5.92 Å². The number of carboxylic acid groups (broad SMARTS) is 2. The molecule has 2 aromatic rings. The van der Waals surface area contributed by atoms with Crippen LogP contribution in [0.15, 0.2) is 48.5 Å². The van der Waals surface area contributed by atoms with Crippen molar-refractivity contribution in [3.05, 3.63) is 59.9 Å². The number of aliphatic carboxylic acids is 2. The summed E-state index contributed by atoms with van der Waals surface area (Å²) in [7, 11) is 0. The van der Waals surface area contributed by atoms with E-state index in [1.165, 1.54) is 13.0 Å². The third-order valence-corrected chi connectivity index (χ3v) is 4.17. The zero-order chi connectivity index (χ0) is 21.3. The lowest BCUT2D eigenvalue weighted by molar-refractivity contribution is -0.140. The standard InChI is InChI=1S/C15H13FO2.C5H9NO3S/c1-10(15(17)18)12-7-8-13(14(16)9-12)11-5-3-2-4-6-11;1-3(7)6-4(2-10)5(8)9/h2-10H,1H3,(H,17,18);4,10H,2H2,1H3,(H,6,7)(H,8,9). The Kier molecular flexibility index (Phi) is 9.17. The zero-order valence-electron chi connectivity index (χ0n) is 15.4. The van der Waals surface area contributed by atoms with E-state index in [1.807, 2.05) is 30.3 Å². The van der Waals surface area contributed by atoms with E-state index in [0.717, 1.165) is 5.56 Å². The number of halogens is 1. The Morgan fingerprint density at radius 3 is 2.07 bits per heavy atom. The summed E-state index contributed by atoms with van der Waals surface area (Å²) in [5, 5.41) is 19.5. The molecule has 0 radical (unpaired) electrons. The number of hydrogen-bond acceptors (Lipinski definition) is 4. The molecule has 2 rings (SSSR count). The molecule has 0 aliphatic rings. The molecule has 0 aliphatic heterocycles. The number of carboxylic acids is 2. The maximum absolute atomic E-state index is 14.0. The summed E-state index contributed by atoms with van der Waals surface area (Å²) in [6, 6.07) is 12.9. The Balaban J connectivity index is 0.000000336. The molecule has 0 bridgehead atoms. The molecule has 8 heteroatoms. The smallest absolute Gasteiger partial charge is 0.327 e. The Morgan fingerprint density at radius 1 is 1.07 bits per heavy atom. The quantitative estimate of drug-likeness (QED) is 0.551. The molecule has 1 amide bonds. The second-order valence-electron chi connectivity index (χ2n) is 5.94. The van der Waals surface area contributed by atoms with Gasteiger partial charge in [-0.05, 0) is 24.1 Å². The molecule has 28 heavy (non-hydrogen) atoms. The molecule has 0 saturated carbocycles. The van der Waals surface area contributed by atoms with Crippen LogP contribution < -0.4 is 5.32 Å². The number of thiol groups is 1. The predicted molar refractivity (Wildman–Crippen MR) is 107 cm³/mol. The lowest BCUT2D eigenvalue weighted by atomic mass is 9.97. The molecule has 0 fully saturated rings. The van der Waals surface area contributed by atoms with E-state index in [9.17, 15) is 18.8 Å². The average Bonchev–Trinajstić information content (AvgIpc) is 2.66. The van der Waals surface area contributed by atoms with Crippen molar-refractivity contribution < 1.29 is 29.0 Å². The molecule has 3 N–H and O–H groups in total. The van der Waals surface area contributed by atoms with Crippen molar-refractivity contribution in [1.82, 2.24) is 5.32 Å². The van der Waals surface area contributed by atoms with E-state index in [1.54, 1.807) is 19.1 Å². The molecule has 150 valence electrons. The van der Waals surface area contributed by atoms with Crippen molar-refractivity contribution in [3.8, 4) is 11.1 Å². The van der Waals surface area contributed by atoms with E-state index >= 15 is 0 Å². The van der Waals surface area contributed by atoms with E-state index in [4.69, 9.17) is 10.2 Å². The largest absolute Gasteiger partial charge is 0.481 e. The molecule has 0 spiro atoms. The van der Waals surface area contributed by atoms with Crippen LogP contribution in [0.1, 0.15) is 25.3 Å². The van der Waals surface area contributed by atoms with Gasteiger partial charge in [-0.2, -0.15) is 12.6 Å². The minimum Gasteiger partial charge on any atom is -0.481 e. The summed E-state index contributed by atoms with van der Waals surface area (Å²) >= 11 is 3.73. The van der Waals surface area contributed by atoms with Gasteiger partial charge in [0.1, 0.15) is 11.9 Å². The molecule has 2 unspecified atom stereocenters. The highest BCUT2D eigenvalue weighted by molar-refractivity contribution is 7.80. The molecule has 6 nitrogen and oxygen atoms in total. The van der Waals surface area contributed by atoms with E-state index in [2.05, 4.69) is 17.9 Å². The van der Waals surface area contributed by atoms with Crippen molar-refractivity contribution in [2.75, 3.05) is 5.75 Å². The van der Waals surface area contributed by atoms with Crippen LogP contribution in [-0.4, -0.2) is 39.9 Å². The SMILES string of the molecule is CC(=O)NC(CS)C(=O)O.CC(C(=O)O)c1ccc(-c2ccccc2)c(F)c1. The zero-order valence-corrected chi connectivity index (χ0v) is 16.3. The topological polar surface area (TPSA) is 104 Å². The normalized spacial score (nSPS) is 12.1. The number of amides is 1. The second-order valence-corrected chi connectivity index (χ2v) is 6.30. The maximum atomic E-state index is 14.0. The van der Waals surface area contributed by atoms with Crippen LogP contribution in [0, 0.1) is 5.82 Å². The Hall–Kier alpha value is -2.87. The van der Waals surface area contributed by atoms with Crippen LogP contribution in [0.4, 0.5) is 4.39 Å². The lowest BCUT2D eigenvalue weighted by Gasteiger charge is -2.09. The maximum Gasteiger partial charge on any atom is 0.327 e. The van der Waals surface area contributed by atoms with Crippen molar-refractivity contribution in [2.45, 2.75) is 25.8 Å². The number of carbonyl (C=O) groups excluding carboxylic acids is 1. The van der Waals surface area contributed by atoms with Gasteiger partial charge in [-0.15, -0.1) is 0 Å². The van der Waals surface area contributed by atoms with Crippen LogP contribution in [-0.2, 0) is 14.4 Å². The van der Waals surface area contributed by atoms with Crippen LogP contribution in [0.3, 0.4) is 0 Å². The van der Waals surface area contributed by atoms with Gasteiger partial charge in [0.15, 0.2) is 0 Å². The first-order valence-corrected chi connectivity index (χ1v) is 8.99. The molecular formula is C20H22FNO5S. The van der Waals surface area contributed by atoms with Crippen molar-refractivity contribution in [3.63, 3.8) is 0 Å². The van der Waals surface area contributed by atoms with Crippen LogP contribution in [0.5, 0.6) is 0 Å². The number of carbonyl (C=O) groups is 3. The van der Waals surface area contributed by atoms with Crippen LogP contribution in [0.25, 0.3) is 11.1 Å². The summed E-state index contributed by atoms with van der Waals surface area (Å²) < 4.78 is 14.0. The Labute approximate surface area is 167 Å². The molecule has 0 aromatic heterocycles. The van der Waals surface area contributed by atoms with Crippen molar-refractivity contribution in [2.24, 2.45) is 0 Å². The van der Waals surface area contributed by atoms with Crippen molar-refractivity contribution >= 4 is 30.5 Å². The number of benzene rings is 2. The van der Waals surface area contributed by atoms with Crippen molar-refractivity contribution in [1.29, 1.82) is 0 Å². The first-order chi connectivity index (χ1) is 13.2. The summed E-state index contributed by atoms with van der Waals surface area (Å²) in [5.41, 5.74) is 1.74. The summed E-state index contributed by atoms with van der Waals surface area (Å²) in [6.07, 6.45) is 0. The van der Waals surface area contributed by atoms with E-state index in [0.29, 0.717) is 11.1 Å². The molecule has 0 heterocycles. The summed E-state index contributed by atoms with van der Waals surface area (Å²) in [6.45, 7) is 2.80. The molecule has 0 aliphatic carbocycles. The number of rotatable bonds is 6. The summed E-state index contributed by atoms with van der Waals surface area (Å²) in [5.74, 6) is -3.38. The average molecular weight is 407 g/mol. The monoisotopic (exact) mass is 407 g/mol. The van der Waals surface area contributed by atoms with Crippen LogP contribution in [0.2, 0.25) is 0 Å². The van der Waals surface area contributed by atoms with E-state index < -0.39 is 29.7 Å². The first-order valence-electron chi connectivity index (χ1n) is 8.35. The number of nitrogens with one attached hydrogen (secondary N) is 1. The third kappa shape index (κ3) is 7.03. The minimum atomic E-state index is -1.06. The third-order valence-electron chi connectivity index (χ3n) is 3.81. The Bertz CT molecular complexity index is 829. The molecule has 2 aromatic carbocycles. The fourth-order valence-electron chi connectivity index (χ4n) is 2.23. The fourth-order valence-corrected chi connectivity index (χ4v) is 2.47. The highest BCUT2D eigenvalue weighted by atomic mass is 32.1.